The average Bonchev–Trinajstić information content (AvgIpc) is 3.52. The fourth-order valence-corrected chi connectivity index (χ4v) is 6.03. The predicted molar refractivity (Wildman–Crippen MR) is 167 cm³/mol. The van der Waals surface area contributed by atoms with E-state index in [-0.39, 0.29) is 17.8 Å². The number of ether oxygens (including phenoxy) is 2. The summed E-state index contributed by atoms with van der Waals surface area (Å²) in [5.41, 5.74) is 3.08. The third-order valence-electron chi connectivity index (χ3n) is 8.46. The largest absolute Gasteiger partial charge is 0.472 e. The van der Waals surface area contributed by atoms with Crippen LogP contribution < -0.4 is 4.74 Å². The summed E-state index contributed by atoms with van der Waals surface area (Å²) < 4.78 is 61.3. The average molecular weight is 636 g/mol. The highest BCUT2D eigenvalue weighted by atomic mass is 28.4. The molecular formula is C31H44F3N5O4Si. The maximum Gasteiger partial charge on any atom is 0.471 e. The van der Waals surface area contributed by atoms with Crippen molar-refractivity contribution in [3.05, 3.63) is 36.7 Å². The van der Waals surface area contributed by atoms with Crippen LogP contribution in [0, 0.1) is 0 Å². The first kappa shape index (κ1) is 33.7. The van der Waals surface area contributed by atoms with Crippen LogP contribution in [0.2, 0.25) is 18.1 Å². The molecule has 0 bridgehead atoms. The van der Waals surface area contributed by atoms with E-state index in [1.54, 1.807) is 23.9 Å². The number of likely N-dealkylation sites (N-methyl/N-ethyl adjacent to an activating group) is 1. The van der Waals surface area contributed by atoms with Crippen molar-refractivity contribution in [2.45, 2.75) is 90.1 Å². The molecule has 4 rings (SSSR count). The molecule has 2 aromatic heterocycles. The van der Waals surface area contributed by atoms with Crippen LogP contribution in [0.15, 0.2) is 31.0 Å². The topological polar surface area (TPSA) is 83.6 Å². The van der Waals surface area contributed by atoms with Crippen LogP contribution in [0.1, 0.15) is 58.9 Å². The molecule has 0 spiro atoms. The number of hydrogen-bond donors (Lipinski definition) is 0. The molecule has 9 nitrogen and oxygen atoms in total. The van der Waals surface area contributed by atoms with Crippen LogP contribution in [0.25, 0.3) is 28.1 Å². The molecule has 0 saturated carbocycles. The molecule has 1 amide bonds. The first-order valence-corrected chi connectivity index (χ1v) is 17.9. The second-order valence-corrected chi connectivity index (χ2v) is 17.7. The Balaban J connectivity index is 1.67. The van der Waals surface area contributed by atoms with Gasteiger partial charge in [-0.3, -0.25) is 4.79 Å². The van der Waals surface area contributed by atoms with E-state index in [1.807, 2.05) is 22.9 Å². The summed E-state index contributed by atoms with van der Waals surface area (Å²) in [6.07, 6.45) is 0.483. The van der Waals surface area contributed by atoms with E-state index in [4.69, 9.17) is 19.0 Å². The molecule has 1 aliphatic rings. The van der Waals surface area contributed by atoms with Gasteiger partial charge in [-0.2, -0.15) is 23.4 Å². The molecule has 242 valence electrons. The lowest BCUT2D eigenvalue weighted by Gasteiger charge is -2.36. The molecular weight excluding hydrogens is 591 g/mol. The smallest absolute Gasteiger partial charge is 0.471 e. The fraction of sp³-hybridized carbons (Fsp3) is 0.581. The van der Waals surface area contributed by atoms with Gasteiger partial charge < -0.3 is 18.8 Å². The number of rotatable bonds is 11. The first-order valence-electron chi connectivity index (χ1n) is 15.0. The van der Waals surface area contributed by atoms with Gasteiger partial charge in [0.15, 0.2) is 14.5 Å². The third-order valence-corrected chi connectivity index (χ3v) is 13.0. The third kappa shape index (κ3) is 7.37. The highest BCUT2D eigenvalue weighted by Gasteiger charge is 2.41. The minimum absolute atomic E-state index is 0.0249. The van der Waals surface area contributed by atoms with Crippen LogP contribution >= 0.6 is 0 Å². The second-order valence-electron chi connectivity index (χ2n) is 12.9. The number of carbonyl (C=O) groups is 1. The van der Waals surface area contributed by atoms with Gasteiger partial charge in [-0.1, -0.05) is 33.4 Å². The number of benzene rings is 1. The zero-order chi connectivity index (χ0) is 32.4. The summed E-state index contributed by atoms with van der Waals surface area (Å²) in [7, 11) is -0.922. The SMILES string of the molecule is C=Cc1nn(C2CCCCO2)c2ccc(-c3cnn(CCO[Si](C)(C)C(C)(C)C)c3OC(C)CN(C)C(=O)C(F)(F)F)cc12. The molecule has 3 aromatic rings. The molecule has 3 heterocycles. The molecule has 1 saturated heterocycles. The predicted octanol–water partition coefficient (Wildman–Crippen LogP) is 7.05. The standard InChI is InChI=1S/C31H44F3N5O4Si/c1-9-25-23-18-22(13-14-26(23)39(36-25)27-12-10-11-16-41-27)24-19-35-38(15-17-42-44(7,8)30(3,4)5)28(24)43-21(2)20-37(6)29(40)31(32,33)34/h9,13-14,18-19,21,27H,1,10-12,15-17,20H2,2-8H3. The zero-order valence-electron chi connectivity index (χ0n) is 26.7. The number of alkyl halides is 3. The van der Waals surface area contributed by atoms with Crippen molar-refractivity contribution in [3.63, 3.8) is 0 Å². The van der Waals surface area contributed by atoms with Crippen molar-refractivity contribution in [2.75, 3.05) is 26.8 Å². The summed E-state index contributed by atoms with van der Waals surface area (Å²) in [5.74, 6) is -1.54. The molecule has 2 unspecified atom stereocenters. The quantitative estimate of drug-likeness (QED) is 0.210. The summed E-state index contributed by atoms with van der Waals surface area (Å²) in [4.78, 5) is 12.4. The minimum atomic E-state index is -4.96. The summed E-state index contributed by atoms with van der Waals surface area (Å²) in [6, 6.07) is 5.91. The highest BCUT2D eigenvalue weighted by Crippen LogP contribution is 2.38. The van der Waals surface area contributed by atoms with Gasteiger partial charge in [0.05, 0.1) is 42.7 Å². The van der Waals surface area contributed by atoms with E-state index in [1.165, 1.54) is 0 Å². The molecule has 0 radical (unpaired) electrons. The number of nitrogens with zero attached hydrogens (tertiary/aromatic N) is 5. The van der Waals surface area contributed by atoms with Crippen LogP contribution in [-0.4, -0.2) is 77.8 Å². The zero-order valence-corrected chi connectivity index (χ0v) is 27.7. The monoisotopic (exact) mass is 635 g/mol. The maximum atomic E-state index is 13.0. The van der Waals surface area contributed by atoms with Crippen LogP contribution in [0.5, 0.6) is 5.88 Å². The van der Waals surface area contributed by atoms with Gasteiger partial charge in [0, 0.05) is 19.0 Å². The van der Waals surface area contributed by atoms with E-state index >= 15 is 0 Å². The van der Waals surface area contributed by atoms with Crippen molar-refractivity contribution in [3.8, 4) is 17.0 Å². The van der Waals surface area contributed by atoms with Gasteiger partial charge in [0.25, 0.3) is 0 Å². The van der Waals surface area contributed by atoms with Crippen molar-refractivity contribution in [2.24, 2.45) is 0 Å². The minimum Gasteiger partial charge on any atom is -0.472 e. The Kier molecular flexibility index (Phi) is 10.0. The number of amides is 1. The Hall–Kier alpha value is -3.16. The fourth-order valence-electron chi connectivity index (χ4n) is 4.99. The number of hydrogen-bond acceptors (Lipinski definition) is 6. The number of carbonyl (C=O) groups excluding carboxylic acids is 1. The van der Waals surface area contributed by atoms with Crippen molar-refractivity contribution in [1.29, 1.82) is 0 Å². The van der Waals surface area contributed by atoms with Crippen LogP contribution in [0.4, 0.5) is 13.2 Å². The van der Waals surface area contributed by atoms with Gasteiger partial charge in [-0.05, 0) is 68.1 Å². The van der Waals surface area contributed by atoms with Gasteiger partial charge in [0.1, 0.15) is 6.10 Å². The lowest BCUT2D eigenvalue weighted by molar-refractivity contribution is -0.184. The molecule has 2 atom stereocenters. The number of fused-ring (bicyclic) bond motifs is 1. The molecule has 44 heavy (non-hydrogen) atoms. The number of aromatic nitrogens is 4. The second kappa shape index (κ2) is 13.1. The molecule has 0 aliphatic carbocycles. The van der Waals surface area contributed by atoms with Gasteiger partial charge in [-0.15, -0.1) is 0 Å². The van der Waals surface area contributed by atoms with Crippen molar-refractivity contribution >= 4 is 31.2 Å². The van der Waals surface area contributed by atoms with Gasteiger partial charge >= 0.3 is 12.1 Å². The Labute approximate surface area is 258 Å². The Morgan fingerprint density at radius 2 is 2.00 bits per heavy atom. The molecule has 0 N–H and O–H groups in total. The van der Waals surface area contributed by atoms with Crippen LogP contribution in [-0.2, 0) is 20.5 Å². The van der Waals surface area contributed by atoms with E-state index in [0.717, 1.165) is 42.8 Å². The summed E-state index contributed by atoms with van der Waals surface area (Å²) in [5, 5.41) is 10.3. The van der Waals surface area contributed by atoms with E-state index in [9.17, 15) is 18.0 Å². The summed E-state index contributed by atoms with van der Waals surface area (Å²) >= 11 is 0. The van der Waals surface area contributed by atoms with Crippen LogP contribution in [0.3, 0.4) is 0 Å². The lowest BCUT2D eigenvalue weighted by Crippen LogP contribution is -2.43. The Bertz CT molecular complexity index is 1470. The molecule has 13 heteroatoms. The van der Waals surface area contributed by atoms with Gasteiger partial charge in [0.2, 0.25) is 5.88 Å². The van der Waals surface area contributed by atoms with Gasteiger partial charge in [-0.25, -0.2) is 9.36 Å². The Morgan fingerprint density at radius 1 is 1.27 bits per heavy atom. The van der Waals surface area contributed by atoms with Crippen molar-refractivity contribution < 1.29 is 31.9 Å². The first-order chi connectivity index (χ1) is 20.5. The van der Waals surface area contributed by atoms with E-state index in [0.29, 0.717) is 41.8 Å². The normalized spacial score (nSPS) is 17.1. The van der Waals surface area contributed by atoms with E-state index < -0.39 is 26.5 Å². The number of halogens is 3. The van der Waals surface area contributed by atoms with E-state index in [2.05, 4.69) is 45.5 Å². The molecule has 1 aliphatic heterocycles. The Morgan fingerprint density at radius 3 is 2.61 bits per heavy atom. The highest BCUT2D eigenvalue weighted by molar-refractivity contribution is 6.74. The lowest BCUT2D eigenvalue weighted by atomic mass is 10.1. The molecule has 1 fully saturated rings. The summed E-state index contributed by atoms with van der Waals surface area (Å²) in [6.45, 7) is 17.6. The van der Waals surface area contributed by atoms with Crippen molar-refractivity contribution in [1.82, 2.24) is 24.5 Å². The maximum absolute atomic E-state index is 13.0. The molecule has 1 aromatic carbocycles.